The Balaban J connectivity index is 1.40. The standard InChI is InChI=1S/C30H24ClN5OS/c1-20-7-2-3-10-26(20)37-23-14-12-22(13-15-23)36-29(28(34-30(36)38)24-8-4-5-17-32-24)25-9-6-18-35(25)27-16-11-21(31)19-33-27/h2-19,28-29H,1H3,(H,34,38)/t28-,29-/m1/s1. The van der Waals surface area contributed by atoms with Crippen molar-refractivity contribution in [2.75, 3.05) is 4.90 Å². The molecule has 1 aliphatic heterocycles. The van der Waals surface area contributed by atoms with Crippen molar-refractivity contribution < 1.29 is 4.74 Å². The maximum absolute atomic E-state index is 6.13. The lowest BCUT2D eigenvalue weighted by molar-refractivity contribution is 0.479. The van der Waals surface area contributed by atoms with Crippen LogP contribution in [0.15, 0.2) is 110 Å². The van der Waals surface area contributed by atoms with Crippen LogP contribution >= 0.6 is 23.8 Å². The van der Waals surface area contributed by atoms with Crippen LogP contribution in [0.1, 0.15) is 29.0 Å². The Morgan fingerprint density at radius 1 is 0.895 bits per heavy atom. The summed E-state index contributed by atoms with van der Waals surface area (Å²) in [5.41, 5.74) is 3.94. The monoisotopic (exact) mass is 537 g/mol. The van der Waals surface area contributed by atoms with Gasteiger partial charge in [0, 0.05) is 30.0 Å². The molecule has 0 saturated carbocycles. The number of rotatable bonds is 6. The Morgan fingerprint density at radius 3 is 2.45 bits per heavy atom. The predicted octanol–water partition coefficient (Wildman–Crippen LogP) is 7.20. The second kappa shape index (κ2) is 10.3. The van der Waals surface area contributed by atoms with Crippen molar-refractivity contribution >= 4 is 34.6 Å². The van der Waals surface area contributed by atoms with Gasteiger partial charge in [-0.1, -0.05) is 35.9 Å². The van der Waals surface area contributed by atoms with E-state index in [4.69, 9.17) is 28.6 Å². The number of nitrogens with one attached hydrogen (secondary N) is 1. The van der Waals surface area contributed by atoms with E-state index in [1.807, 2.05) is 98.0 Å². The van der Waals surface area contributed by atoms with E-state index < -0.39 is 0 Å². The van der Waals surface area contributed by atoms with E-state index in [0.717, 1.165) is 40.0 Å². The zero-order chi connectivity index (χ0) is 26.1. The number of anilines is 1. The van der Waals surface area contributed by atoms with Gasteiger partial charge >= 0.3 is 0 Å². The molecule has 8 heteroatoms. The molecule has 1 fully saturated rings. The van der Waals surface area contributed by atoms with Crippen LogP contribution in [-0.2, 0) is 0 Å². The van der Waals surface area contributed by atoms with Crippen molar-refractivity contribution in [1.82, 2.24) is 19.9 Å². The zero-order valence-electron chi connectivity index (χ0n) is 20.5. The summed E-state index contributed by atoms with van der Waals surface area (Å²) in [5, 5.41) is 4.73. The molecular weight excluding hydrogens is 514 g/mol. The van der Waals surface area contributed by atoms with E-state index in [0.29, 0.717) is 10.1 Å². The van der Waals surface area contributed by atoms with E-state index in [-0.39, 0.29) is 12.1 Å². The summed E-state index contributed by atoms with van der Waals surface area (Å²) in [4.78, 5) is 11.3. The van der Waals surface area contributed by atoms with Crippen LogP contribution in [0.25, 0.3) is 5.82 Å². The van der Waals surface area contributed by atoms with Gasteiger partial charge < -0.3 is 19.5 Å². The topological polar surface area (TPSA) is 55.2 Å². The summed E-state index contributed by atoms with van der Waals surface area (Å²) in [6.45, 7) is 2.03. The first kappa shape index (κ1) is 24.2. The van der Waals surface area contributed by atoms with E-state index in [1.165, 1.54) is 0 Å². The lowest BCUT2D eigenvalue weighted by Crippen LogP contribution is -2.30. The van der Waals surface area contributed by atoms with E-state index in [2.05, 4.69) is 30.8 Å². The molecule has 38 heavy (non-hydrogen) atoms. The van der Waals surface area contributed by atoms with Gasteiger partial charge in [0.15, 0.2) is 5.11 Å². The molecule has 6 rings (SSSR count). The van der Waals surface area contributed by atoms with Crippen molar-refractivity contribution in [3.63, 3.8) is 0 Å². The van der Waals surface area contributed by atoms with Crippen molar-refractivity contribution in [1.29, 1.82) is 0 Å². The molecule has 5 aromatic rings. The van der Waals surface area contributed by atoms with Crippen molar-refractivity contribution in [2.24, 2.45) is 0 Å². The van der Waals surface area contributed by atoms with Gasteiger partial charge in [-0.2, -0.15) is 0 Å². The molecule has 2 atom stereocenters. The number of thiocarbonyl (C=S) groups is 1. The first-order valence-corrected chi connectivity index (χ1v) is 13.0. The van der Waals surface area contributed by atoms with Crippen LogP contribution in [0.4, 0.5) is 5.69 Å². The van der Waals surface area contributed by atoms with Crippen LogP contribution in [0.3, 0.4) is 0 Å². The third-order valence-electron chi connectivity index (χ3n) is 6.58. The van der Waals surface area contributed by atoms with Gasteiger partial charge in [-0.25, -0.2) is 4.98 Å². The number of para-hydroxylation sites is 1. The average molecular weight is 538 g/mol. The molecule has 0 radical (unpaired) electrons. The molecule has 0 aliphatic carbocycles. The normalized spacial score (nSPS) is 16.9. The fourth-order valence-corrected chi connectivity index (χ4v) is 5.22. The molecule has 6 nitrogen and oxygen atoms in total. The van der Waals surface area contributed by atoms with Gasteiger partial charge in [0.1, 0.15) is 23.4 Å². The van der Waals surface area contributed by atoms with Gasteiger partial charge in [0.05, 0.1) is 16.8 Å². The number of aromatic nitrogens is 3. The van der Waals surface area contributed by atoms with Crippen LogP contribution in [0.2, 0.25) is 5.02 Å². The molecule has 0 amide bonds. The van der Waals surface area contributed by atoms with Crippen LogP contribution < -0.4 is 15.0 Å². The number of hydrogen-bond acceptors (Lipinski definition) is 4. The van der Waals surface area contributed by atoms with E-state index >= 15 is 0 Å². The number of halogens is 1. The van der Waals surface area contributed by atoms with Crippen molar-refractivity contribution in [3.05, 3.63) is 132 Å². The number of pyridine rings is 2. The lowest BCUT2D eigenvalue weighted by Gasteiger charge is -2.29. The Kier molecular flexibility index (Phi) is 6.54. The first-order chi connectivity index (χ1) is 18.6. The van der Waals surface area contributed by atoms with Gasteiger partial charge in [-0.3, -0.25) is 4.98 Å². The smallest absolute Gasteiger partial charge is 0.174 e. The highest BCUT2D eigenvalue weighted by atomic mass is 35.5. The quantitative estimate of drug-likeness (QED) is 0.231. The molecule has 188 valence electrons. The van der Waals surface area contributed by atoms with E-state index in [9.17, 15) is 0 Å². The minimum atomic E-state index is -0.187. The van der Waals surface area contributed by atoms with E-state index in [1.54, 1.807) is 12.4 Å². The van der Waals surface area contributed by atoms with Gasteiger partial charge in [-0.15, -0.1) is 0 Å². The number of ether oxygens (including phenoxy) is 1. The molecule has 2 aromatic carbocycles. The minimum absolute atomic E-state index is 0.174. The van der Waals surface area contributed by atoms with Crippen LogP contribution in [0.5, 0.6) is 11.5 Å². The number of hydrogen-bond donors (Lipinski definition) is 1. The van der Waals surface area contributed by atoms with Gasteiger partial charge in [0.2, 0.25) is 0 Å². The maximum Gasteiger partial charge on any atom is 0.174 e. The number of aryl methyl sites for hydroxylation is 1. The lowest BCUT2D eigenvalue weighted by atomic mass is 10.0. The molecular formula is C30H24ClN5OS. The van der Waals surface area contributed by atoms with Crippen molar-refractivity contribution in [3.8, 4) is 17.3 Å². The Hall–Kier alpha value is -4.20. The predicted molar refractivity (Wildman–Crippen MR) is 154 cm³/mol. The summed E-state index contributed by atoms with van der Waals surface area (Å²) in [6.07, 6.45) is 5.45. The first-order valence-electron chi connectivity index (χ1n) is 12.2. The van der Waals surface area contributed by atoms with Crippen LogP contribution in [-0.4, -0.2) is 19.6 Å². The molecule has 1 N–H and O–H groups in total. The zero-order valence-corrected chi connectivity index (χ0v) is 22.1. The molecule has 0 unspecified atom stereocenters. The van der Waals surface area contributed by atoms with Gasteiger partial charge in [0.25, 0.3) is 0 Å². The summed E-state index contributed by atoms with van der Waals surface area (Å²) in [6, 6.07) is 29.4. The fourth-order valence-electron chi connectivity index (χ4n) is 4.76. The molecule has 1 saturated heterocycles. The molecule has 3 aromatic heterocycles. The second-order valence-corrected chi connectivity index (χ2v) is 9.82. The third kappa shape index (κ3) is 4.62. The number of nitrogens with zero attached hydrogens (tertiary/aromatic N) is 4. The average Bonchev–Trinajstić information content (AvgIpc) is 3.56. The maximum atomic E-state index is 6.13. The van der Waals surface area contributed by atoms with Crippen molar-refractivity contribution in [2.45, 2.75) is 19.0 Å². The number of benzene rings is 2. The molecule has 0 spiro atoms. The molecule has 1 aliphatic rings. The van der Waals surface area contributed by atoms with Crippen LogP contribution in [0, 0.1) is 6.92 Å². The summed E-state index contributed by atoms with van der Waals surface area (Å²) in [7, 11) is 0. The highest BCUT2D eigenvalue weighted by Gasteiger charge is 2.42. The summed E-state index contributed by atoms with van der Waals surface area (Å²) >= 11 is 12.0. The molecule has 0 bridgehead atoms. The largest absolute Gasteiger partial charge is 0.457 e. The fraction of sp³-hybridized carbons (Fsp3) is 0.100. The Labute approximate surface area is 231 Å². The highest BCUT2D eigenvalue weighted by molar-refractivity contribution is 7.80. The third-order valence-corrected chi connectivity index (χ3v) is 7.11. The summed E-state index contributed by atoms with van der Waals surface area (Å²) in [5.74, 6) is 2.36. The van der Waals surface area contributed by atoms with Gasteiger partial charge in [-0.05, 0) is 91.4 Å². The second-order valence-electron chi connectivity index (χ2n) is 9.00. The highest BCUT2D eigenvalue weighted by Crippen LogP contribution is 2.42. The Morgan fingerprint density at radius 2 is 1.71 bits per heavy atom. The molecule has 4 heterocycles. The Bertz CT molecular complexity index is 1570. The minimum Gasteiger partial charge on any atom is -0.457 e. The SMILES string of the molecule is Cc1ccccc1Oc1ccc(N2C(=S)N[C@H](c3ccccn3)[C@H]2c2cccn2-c2ccc(Cl)cn2)cc1. The summed E-state index contributed by atoms with van der Waals surface area (Å²) < 4.78 is 8.19.